The van der Waals surface area contributed by atoms with Crippen molar-refractivity contribution in [2.45, 2.75) is 13.8 Å². The van der Waals surface area contributed by atoms with Crippen molar-refractivity contribution in [1.82, 2.24) is 5.32 Å². The van der Waals surface area contributed by atoms with Gasteiger partial charge in [0.1, 0.15) is 11.3 Å². The van der Waals surface area contributed by atoms with Gasteiger partial charge in [-0.2, -0.15) is 0 Å². The van der Waals surface area contributed by atoms with Crippen LogP contribution in [0.4, 0.5) is 10.5 Å². The maximum absolute atomic E-state index is 12.9. The van der Waals surface area contributed by atoms with E-state index in [0.717, 1.165) is 16.0 Å². The molecule has 26 heavy (non-hydrogen) atoms. The Morgan fingerprint density at radius 1 is 1.00 bits per heavy atom. The van der Waals surface area contributed by atoms with Crippen molar-refractivity contribution in [2.75, 3.05) is 12.0 Å². The molecule has 0 saturated carbocycles. The molecule has 1 heterocycles. The van der Waals surface area contributed by atoms with Crippen LogP contribution >= 0.6 is 0 Å². The minimum atomic E-state index is -0.749. The summed E-state index contributed by atoms with van der Waals surface area (Å²) >= 11 is 0. The Hall–Kier alpha value is -3.41. The second kappa shape index (κ2) is 6.84. The number of carbonyl (C=O) groups excluding carboxylic acids is 3. The number of aryl methyl sites for hydroxylation is 1. The van der Waals surface area contributed by atoms with Crippen LogP contribution < -0.4 is 15.0 Å². The molecule has 0 spiro atoms. The molecule has 1 saturated heterocycles. The van der Waals surface area contributed by atoms with Crippen molar-refractivity contribution in [3.8, 4) is 5.75 Å². The van der Waals surface area contributed by atoms with Crippen LogP contribution in [0.15, 0.2) is 48.0 Å². The van der Waals surface area contributed by atoms with E-state index in [1.54, 1.807) is 43.5 Å². The van der Waals surface area contributed by atoms with Crippen molar-refractivity contribution in [2.24, 2.45) is 0 Å². The number of barbiturate groups is 1. The molecular formula is C20H18N2O4. The highest BCUT2D eigenvalue weighted by molar-refractivity contribution is 6.39. The Morgan fingerprint density at radius 2 is 1.69 bits per heavy atom. The van der Waals surface area contributed by atoms with Crippen molar-refractivity contribution in [3.05, 3.63) is 64.7 Å². The summed E-state index contributed by atoms with van der Waals surface area (Å²) in [6.45, 7) is 3.72. The summed E-state index contributed by atoms with van der Waals surface area (Å²) in [5, 5.41) is 2.23. The van der Waals surface area contributed by atoms with Gasteiger partial charge in [0.15, 0.2) is 0 Å². The van der Waals surface area contributed by atoms with Gasteiger partial charge in [-0.1, -0.05) is 24.3 Å². The molecule has 0 aromatic heterocycles. The van der Waals surface area contributed by atoms with Gasteiger partial charge in [0, 0.05) is 0 Å². The number of anilines is 1. The van der Waals surface area contributed by atoms with Gasteiger partial charge in [-0.3, -0.25) is 14.9 Å². The Balaban J connectivity index is 2.02. The molecule has 1 aliphatic heterocycles. The molecule has 4 amide bonds. The summed E-state index contributed by atoms with van der Waals surface area (Å²) in [6, 6.07) is 11.5. The van der Waals surface area contributed by atoms with E-state index in [9.17, 15) is 14.4 Å². The summed E-state index contributed by atoms with van der Waals surface area (Å²) in [4.78, 5) is 38.4. The average molecular weight is 350 g/mol. The second-order valence-corrected chi connectivity index (χ2v) is 5.95. The van der Waals surface area contributed by atoms with E-state index < -0.39 is 17.8 Å². The zero-order valence-corrected chi connectivity index (χ0v) is 14.7. The molecule has 6 nitrogen and oxygen atoms in total. The third kappa shape index (κ3) is 3.09. The van der Waals surface area contributed by atoms with Crippen LogP contribution in [0.25, 0.3) is 6.08 Å². The van der Waals surface area contributed by atoms with E-state index >= 15 is 0 Å². The SMILES string of the molecule is COc1ccc(/C=C2\C(=O)NC(=O)N(c3cccc(C)c3C)C2=O)cc1. The Kier molecular flexibility index (Phi) is 4.58. The molecule has 1 N–H and O–H groups in total. The molecule has 0 atom stereocenters. The van der Waals surface area contributed by atoms with Crippen LogP contribution in [0.3, 0.4) is 0 Å². The first-order chi connectivity index (χ1) is 12.4. The van der Waals surface area contributed by atoms with E-state index in [-0.39, 0.29) is 5.57 Å². The normalized spacial score (nSPS) is 16.0. The van der Waals surface area contributed by atoms with Gasteiger partial charge in [0.2, 0.25) is 0 Å². The summed E-state index contributed by atoms with van der Waals surface area (Å²) in [6.07, 6.45) is 1.46. The lowest BCUT2D eigenvalue weighted by atomic mass is 10.0. The highest BCUT2D eigenvalue weighted by Crippen LogP contribution is 2.27. The van der Waals surface area contributed by atoms with Gasteiger partial charge in [-0.25, -0.2) is 9.69 Å². The molecule has 132 valence electrons. The second-order valence-electron chi connectivity index (χ2n) is 5.95. The molecule has 0 radical (unpaired) electrons. The zero-order valence-electron chi connectivity index (χ0n) is 14.7. The minimum absolute atomic E-state index is 0.101. The molecule has 6 heteroatoms. The predicted octanol–water partition coefficient (Wildman–Crippen LogP) is 2.98. The Morgan fingerprint density at radius 3 is 2.35 bits per heavy atom. The number of urea groups is 1. The van der Waals surface area contributed by atoms with Crippen molar-refractivity contribution in [1.29, 1.82) is 0 Å². The number of amides is 4. The van der Waals surface area contributed by atoms with Gasteiger partial charge in [-0.05, 0) is 54.8 Å². The van der Waals surface area contributed by atoms with Crippen LogP contribution in [0, 0.1) is 13.8 Å². The Labute approximate surface area is 151 Å². The highest BCUT2D eigenvalue weighted by atomic mass is 16.5. The fourth-order valence-corrected chi connectivity index (χ4v) is 2.72. The molecule has 1 fully saturated rings. The number of imide groups is 2. The number of ether oxygens (including phenoxy) is 1. The lowest BCUT2D eigenvalue weighted by Crippen LogP contribution is -2.54. The number of benzene rings is 2. The number of nitrogens with zero attached hydrogens (tertiary/aromatic N) is 1. The van der Waals surface area contributed by atoms with Crippen molar-refractivity contribution >= 4 is 29.6 Å². The lowest BCUT2D eigenvalue weighted by molar-refractivity contribution is -0.122. The van der Waals surface area contributed by atoms with Crippen LogP contribution in [-0.4, -0.2) is 25.0 Å². The maximum Gasteiger partial charge on any atom is 0.335 e. The van der Waals surface area contributed by atoms with Crippen LogP contribution in [0.1, 0.15) is 16.7 Å². The summed E-state index contributed by atoms with van der Waals surface area (Å²) in [5.41, 5.74) is 2.76. The predicted molar refractivity (Wildman–Crippen MR) is 97.9 cm³/mol. The third-order valence-corrected chi connectivity index (χ3v) is 4.35. The van der Waals surface area contributed by atoms with Crippen LogP contribution in [-0.2, 0) is 9.59 Å². The first-order valence-electron chi connectivity index (χ1n) is 8.04. The fraction of sp³-hybridized carbons (Fsp3) is 0.150. The number of hydrogen-bond acceptors (Lipinski definition) is 4. The third-order valence-electron chi connectivity index (χ3n) is 4.35. The first kappa shape index (κ1) is 17.4. The van der Waals surface area contributed by atoms with E-state index in [4.69, 9.17) is 4.74 Å². The summed E-state index contributed by atoms with van der Waals surface area (Å²) in [7, 11) is 1.55. The topological polar surface area (TPSA) is 75.7 Å². The zero-order chi connectivity index (χ0) is 18.8. The van der Waals surface area contributed by atoms with Gasteiger partial charge in [0.25, 0.3) is 11.8 Å². The first-order valence-corrected chi connectivity index (χ1v) is 8.04. The van der Waals surface area contributed by atoms with Gasteiger partial charge < -0.3 is 4.74 Å². The van der Waals surface area contributed by atoms with E-state index in [2.05, 4.69) is 5.32 Å². The lowest BCUT2D eigenvalue weighted by Gasteiger charge is -2.28. The number of rotatable bonds is 3. The molecular weight excluding hydrogens is 332 g/mol. The van der Waals surface area contributed by atoms with Gasteiger partial charge >= 0.3 is 6.03 Å². The molecule has 1 aliphatic rings. The molecule has 0 bridgehead atoms. The molecule has 0 aliphatic carbocycles. The van der Waals surface area contributed by atoms with Crippen LogP contribution in [0.2, 0.25) is 0 Å². The quantitative estimate of drug-likeness (QED) is 0.682. The average Bonchev–Trinajstić information content (AvgIpc) is 2.62. The van der Waals surface area contributed by atoms with E-state index in [1.165, 1.54) is 6.08 Å². The van der Waals surface area contributed by atoms with Crippen LogP contribution in [0.5, 0.6) is 5.75 Å². The van der Waals surface area contributed by atoms with E-state index in [0.29, 0.717) is 17.0 Å². The smallest absolute Gasteiger partial charge is 0.335 e. The molecule has 3 rings (SSSR count). The number of nitrogens with one attached hydrogen (secondary N) is 1. The number of methoxy groups -OCH3 is 1. The highest BCUT2D eigenvalue weighted by Gasteiger charge is 2.37. The standard InChI is InChI=1S/C20H18N2O4/c1-12-5-4-6-17(13(12)2)22-19(24)16(18(23)21-20(22)25)11-14-7-9-15(26-3)10-8-14/h4-11H,1-3H3,(H,21,23,25)/b16-11+. The van der Waals surface area contributed by atoms with Crippen molar-refractivity contribution in [3.63, 3.8) is 0 Å². The van der Waals surface area contributed by atoms with Gasteiger partial charge in [-0.15, -0.1) is 0 Å². The van der Waals surface area contributed by atoms with Crippen molar-refractivity contribution < 1.29 is 19.1 Å². The molecule has 2 aromatic rings. The fourth-order valence-electron chi connectivity index (χ4n) is 2.72. The molecule has 0 unspecified atom stereocenters. The van der Waals surface area contributed by atoms with Gasteiger partial charge in [0.05, 0.1) is 12.8 Å². The monoisotopic (exact) mass is 350 g/mol. The summed E-state index contributed by atoms with van der Waals surface area (Å²) < 4.78 is 5.09. The number of carbonyl (C=O) groups is 3. The summed E-state index contributed by atoms with van der Waals surface area (Å²) in [5.74, 6) is -0.695. The Bertz CT molecular complexity index is 929. The largest absolute Gasteiger partial charge is 0.497 e. The maximum atomic E-state index is 12.9. The van der Waals surface area contributed by atoms with E-state index in [1.807, 2.05) is 19.9 Å². The minimum Gasteiger partial charge on any atom is -0.497 e. The number of hydrogen-bond donors (Lipinski definition) is 1. The molecule has 2 aromatic carbocycles.